The fourth-order valence-electron chi connectivity index (χ4n) is 8.25. The van der Waals surface area contributed by atoms with Gasteiger partial charge < -0.3 is 25.2 Å². The Hall–Kier alpha value is -3.85. The molecule has 4 heterocycles. The molecule has 0 aliphatic carbocycles. The third-order valence-corrected chi connectivity index (χ3v) is 11.0. The number of hydrogen-bond acceptors (Lipinski definition) is 5. The van der Waals surface area contributed by atoms with E-state index in [0.29, 0.717) is 77.0 Å². The van der Waals surface area contributed by atoms with Crippen LogP contribution in [0, 0.1) is 0 Å². The molecule has 0 aromatic heterocycles. The van der Waals surface area contributed by atoms with Crippen LogP contribution in [-0.2, 0) is 34.7 Å². The standard InChI is InChI=1S/C36H43F6N5O4/c37-35(38,39)26-20-24(21-27(23-26)36(40,41)42)22-31(32(48)47(18-4-1-5-19-47)29-8-13-43-14-9-29)51-34(50)45-15-11-28(12-16-45)46-17-10-25-6-2-3-7-30(25)44-33(46)49/h2-3,6-7,20-21,23,28-29,31,43H,1,4-5,8-19,22H2/p+1/t31-/m1/s1. The predicted molar refractivity (Wildman–Crippen MR) is 176 cm³/mol. The van der Waals surface area contributed by atoms with Crippen LogP contribution in [0.3, 0.4) is 0 Å². The second-order valence-electron chi connectivity index (χ2n) is 14.1. The fraction of sp³-hybridized carbons (Fsp3) is 0.583. The van der Waals surface area contributed by atoms with E-state index in [-0.39, 0.29) is 41.8 Å². The number of amides is 4. The summed E-state index contributed by atoms with van der Waals surface area (Å²) in [5.74, 6) is -0.489. The molecule has 0 radical (unpaired) electrons. The maximum absolute atomic E-state index is 14.7. The van der Waals surface area contributed by atoms with Gasteiger partial charge >= 0.3 is 30.4 Å². The zero-order chi connectivity index (χ0) is 36.4. The molecule has 0 unspecified atom stereocenters. The highest BCUT2D eigenvalue weighted by atomic mass is 19.4. The van der Waals surface area contributed by atoms with Crippen LogP contribution in [0.25, 0.3) is 0 Å². The molecule has 0 spiro atoms. The molecule has 4 aliphatic rings. The number of benzene rings is 2. The lowest BCUT2D eigenvalue weighted by molar-refractivity contribution is -0.886. The number of nitrogens with one attached hydrogen (secondary N) is 2. The molecule has 2 aromatic carbocycles. The Kier molecular flexibility index (Phi) is 10.9. The summed E-state index contributed by atoms with van der Waals surface area (Å²) in [6.45, 7) is 3.13. The van der Waals surface area contributed by atoms with Crippen LogP contribution >= 0.6 is 0 Å². The van der Waals surface area contributed by atoms with E-state index in [1.54, 1.807) is 4.90 Å². The molecule has 3 fully saturated rings. The third-order valence-electron chi connectivity index (χ3n) is 11.0. The molecule has 9 nitrogen and oxygen atoms in total. The number of hydrogen-bond donors (Lipinski definition) is 2. The predicted octanol–water partition coefficient (Wildman–Crippen LogP) is 6.61. The van der Waals surface area contributed by atoms with Gasteiger partial charge in [-0.1, -0.05) is 18.2 Å². The van der Waals surface area contributed by atoms with Gasteiger partial charge in [-0.15, -0.1) is 0 Å². The molecule has 51 heavy (non-hydrogen) atoms. The highest BCUT2D eigenvalue weighted by molar-refractivity contribution is 5.91. The number of rotatable bonds is 6. The Morgan fingerprint density at radius 1 is 0.863 bits per heavy atom. The number of carbonyl (C=O) groups excluding carboxylic acids is 3. The molecule has 6 rings (SSSR count). The van der Waals surface area contributed by atoms with Gasteiger partial charge in [-0.2, -0.15) is 26.3 Å². The zero-order valence-electron chi connectivity index (χ0n) is 28.3. The number of para-hydroxylation sites is 1. The minimum atomic E-state index is -5.07. The molecule has 3 saturated heterocycles. The summed E-state index contributed by atoms with van der Waals surface area (Å²) in [4.78, 5) is 44.7. The Labute approximate surface area is 292 Å². The summed E-state index contributed by atoms with van der Waals surface area (Å²) >= 11 is 0. The van der Waals surface area contributed by atoms with E-state index in [2.05, 4.69) is 10.6 Å². The molecule has 15 heteroatoms. The molecule has 278 valence electrons. The van der Waals surface area contributed by atoms with Crippen molar-refractivity contribution < 1.29 is 49.9 Å². The number of ether oxygens (including phenoxy) is 1. The molecule has 4 amide bonds. The summed E-state index contributed by atoms with van der Waals surface area (Å²) in [5, 5.41) is 6.23. The van der Waals surface area contributed by atoms with Gasteiger partial charge in [0.2, 0.25) is 6.10 Å². The summed E-state index contributed by atoms with van der Waals surface area (Å²) in [6, 6.07) is 8.29. The van der Waals surface area contributed by atoms with E-state index in [0.717, 1.165) is 30.5 Å². The first-order valence-electron chi connectivity index (χ1n) is 17.8. The first-order valence-corrected chi connectivity index (χ1v) is 17.8. The van der Waals surface area contributed by atoms with Gasteiger partial charge in [0.1, 0.15) is 0 Å². The quantitative estimate of drug-likeness (QED) is 0.259. The number of halogens is 6. The van der Waals surface area contributed by atoms with Gasteiger partial charge in [0.15, 0.2) is 0 Å². The van der Waals surface area contributed by atoms with Gasteiger partial charge in [0.05, 0.1) is 30.3 Å². The van der Waals surface area contributed by atoms with Crippen LogP contribution in [0.2, 0.25) is 0 Å². The van der Waals surface area contributed by atoms with Crippen molar-refractivity contribution in [2.75, 3.05) is 51.1 Å². The van der Waals surface area contributed by atoms with Gasteiger partial charge in [0.25, 0.3) is 0 Å². The van der Waals surface area contributed by atoms with Crippen molar-refractivity contribution in [3.8, 4) is 0 Å². The highest BCUT2D eigenvalue weighted by Gasteiger charge is 2.50. The minimum Gasteiger partial charge on any atom is -0.431 e. The van der Waals surface area contributed by atoms with Crippen LogP contribution in [-0.4, -0.2) is 96.3 Å². The number of piperidine rings is 3. The number of quaternary nitrogens is 1. The highest BCUT2D eigenvalue weighted by Crippen LogP contribution is 2.38. The van der Waals surface area contributed by atoms with E-state index in [4.69, 9.17) is 4.74 Å². The zero-order valence-corrected chi connectivity index (χ0v) is 28.3. The van der Waals surface area contributed by atoms with Gasteiger partial charge in [-0.3, -0.25) is 4.48 Å². The van der Waals surface area contributed by atoms with Crippen molar-refractivity contribution in [1.82, 2.24) is 15.1 Å². The topological polar surface area (TPSA) is 91.0 Å². The summed E-state index contributed by atoms with van der Waals surface area (Å²) in [7, 11) is 0. The van der Waals surface area contributed by atoms with Crippen molar-refractivity contribution in [3.05, 3.63) is 64.7 Å². The monoisotopic (exact) mass is 724 g/mol. The van der Waals surface area contributed by atoms with Crippen molar-refractivity contribution in [2.24, 2.45) is 0 Å². The maximum Gasteiger partial charge on any atom is 0.416 e. The number of fused-ring (bicyclic) bond motifs is 1. The number of likely N-dealkylation sites (tertiary alicyclic amines) is 2. The van der Waals surface area contributed by atoms with Crippen LogP contribution in [0.4, 0.5) is 41.6 Å². The Bertz CT molecular complexity index is 1550. The number of alkyl halides is 6. The van der Waals surface area contributed by atoms with Crippen molar-refractivity contribution in [2.45, 2.75) is 88.3 Å². The molecule has 1 atom stereocenters. The van der Waals surface area contributed by atoms with E-state index >= 15 is 0 Å². The number of urea groups is 1. The number of nitrogens with zero attached hydrogens (tertiary/aromatic N) is 3. The second-order valence-corrected chi connectivity index (χ2v) is 14.1. The van der Waals surface area contributed by atoms with E-state index in [9.17, 15) is 40.7 Å². The third kappa shape index (κ3) is 8.29. The van der Waals surface area contributed by atoms with Crippen molar-refractivity contribution >= 4 is 23.7 Å². The molecular weight excluding hydrogens is 680 g/mol. The van der Waals surface area contributed by atoms with Crippen LogP contribution in [0.1, 0.15) is 67.2 Å². The normalized spacial score (nSPS) is 21.3. The molecule has 2 N–H and O–H groups in total. The SMILES string of the molecule is O=C(O[C@H](Cc1cc(C(F)(F)F)cc(C(F)(F)F)c1)C(=O)[N+]1(C2CCNCC2)CCCCC1)N1CCC(N2CCc3ccccc3NC2=O)CC1. The second kappa shape index (κ2) is 15.0. The van der Waals surface area contributed by atoms with Crippen LogP contribution in [0.15, 0.2) is 42.5 Å². The molecule has 0 bridgehead atoms. The van der Waals surface area contributed by atoms with Gasteiger partial charge in [-0.05, 0) is 73.9 Å². The van der Waals surface area contributed by atoms with Crippen molar-refractivity contribution in [1.29, 1.82) is 0 Å². The van der Waals surface area contributed by atoms with E-state index in [1.165, 1.54) is 4.90 Å². The minimum absolute atomic E-state index is 0.0146. The summed E-state index contributed by atoms with van der Waals surface area (Å²) < 4.78 is 88.7. The van der Waals surface area contributed by atoms with Crippen LogP contribution < -0.4 is 10.6 Å². The molecule has 0 saturated carbocycles. The summed E-state index contributed by atoms with van der Waals surface area (Å²) in [6.07, 6.45) is -8.07. The average Bonchev–Trinajstić information content (AvgIpc) is 3.29. The Balaban J connectivity index is 1.23. The molecular formula is C36H44F6N5O4+. The van der Waals surface area contributed by atoms with E-state index < -0.39 is 53.6 Å². The first kappa shape index (κ1) is 36.9. The molecule has 2 aromatic rings. The number of anilines is 1. The first-order chi connectivity index (χ1) is 24.2. The van der Waals surface area contributed by atoms with E-state index in [1.807, 2.05) is 24.3 Å². The smallest absolute Gasteiger partial charge is 0.416 e. The average molecular weight is 725 g/mol. The summed E-state index contributed by atoms with van der Waals surface area (Å²) in [5.41, 5.74) is -1.61. The Morgan fingerprint density at radius 2 is 1.49 bits per heavy atom. The Morgan fingerprint density at radius 3 is 2.12 bits per heavy atom. The maximum atomic E-state index is 14.7. The van der Waals surface area contributed by atoms with Crippen LogP contribution in [0.5, 0.6) is 0 Å². The largest absolute Gasteiger partial charge is 0.431 e. The lowest BCUT2D eigenvalue weighted by Gasteiger charge is -2.47. The fourth-order valence-corrected chi connectivity index (χ4v) is 8.25. The van der Waals surface area contributed by atoms with Gasteiger partial charge in [0, 0.05) is 63.7 Å². The lowest BCUT2D eigenvalue weighted by Crippen LogP contribution is -2.67. The van der Waals surface area contributed by atoms with Gasteiger partial charge in [-0.25, -0.2) is 14.4 Å². The van der Waals surface area contributed by atoms with Crippen molar-refractivity contribution in [3.63, 3.8) is 0 Å². The number of carbonyl (C=O) groups is 3. The molecule has 4 aliphatic heterocycles. The lowest BCUT2D eigenvalue weighted by atomic mass is 9.93.